The van der Waals surface area contributed by atoms with Gasteiger partial charge in [0.05, 0.1) is 28.2 Å². The first-order chi connectivity index (χ1) is 23.9. The van der Waals surface area contributed by atoms with Crippen molar-refractivity contribution in [1.29, 1.82) is 0 Å². The molecule has 0 fully saturated rings. The molecule has 0 aliphatic carbocycles. The molecule has 0 bridgehead atoms. The summed E-state index contributed by atoms with van der Waals surface area (Å²) in [6.07, 6.45) is -1.02. The lowest BCUT2D eigenvalue weighted by molar-refractivity contribution is -0.136. The van der Waals surface area contributed by atoms with Crippen LogP contribution in [0.2, 0.25) is 0 Å². The van der Waals surface area contributed by atoms with Crippen molar-refractivity contribution in [3.63, 3.8) is 0 Å². The molecule has 4 heterocycles. The van der Waals surface area contributed by atoms with E-state index in [1.807, 2.05) is 66.7 Å². The molecule has 234 valence electrons. The van der Waals surface area contributed by atoms with Gasteiger partial charge in [-0.2, -0.15) is 13.2 Å². The van der Waals surface area contributed by atoms with Gasteiger partial charge in [0, 0.05) is 34.4 Å². The van der Waals surface area contributed by atoms with Crippen molar-refractivity contribution >= 4 is 43.5 Å². The third kappa shape index (κ3) is 4.90. The number of halogens is 3. The molecule has 0 amide bonds. The minimum atomic E-state index is -4.52. The van der Waals surface area contributed by atoms with Gasteiger partial charge in [-0.1, -0.05) is 72.8 Å². The van der Waals surface area contributed by atoms with Crippen LogP contribution in [0.15, 0.2) is 152 Å². The number of alkyl halides is 3. The smallest absolute Gasteiger partial charge is 0.294 e. The molecule has 49 heavy (non-hydrogen) atoms. The minimum Gasteiger partial charge on any atom is -0.294 e. The Hall–Kier alpha value is -6.34. The number of benzene rings is 5. The molecule has 0 N–H and O–H groups in total. The summed E-state index contributed by atoms with van der Waals surface area (Å²) in [5.41, 5.74) is 6.47. The van der Waals surface area contributed by atoms with Crippen LogP contribution in [-0.2, 0) is 6.18 Å². The molecule has 9 rings (SSSR count). The monoisotopic (exact) mass is 642 g/mol. The molecule has 0 unspecified atom stereocenters. The highest BCUT2D eigenvalue weighted by Gasteiger charge is 2.33. The van der Waals surface area contributed by atoms with Gasteiger partial charge in [-0.15, -0.1) is 0 Å². The molecule has 0 saturated carbocycles. The van der Waals surface area contributed by atoms with Gasteiger partial charge in [0.1, 0.15) is 5.65 Å². The van der Waals surface area contributed by atoms with E-state index in [1.165, 1.54) is 6.07 Å². The number of para-hydroxylation sites is 1. The Morgan fingerprint density at radius 2 is 1.18 bits per heavy atom. The Balaban J connectivity index is 1.21. The molecule has 0 saturated heterocycles. The van der Waals surface area contributed by atoms with Crippen LogP contribution in [0.1, 0.15) is 5.56 Å². The van der Waals surface area contributed by atoms with Crippen LogP contribution < -0.4 is 0 Å². The maximum absolute atomic E-state index is 14.4. The second-order valence-corrected chi connectivity index (χ2v) is 12.0. The van der Waals surface area contributed by atoms with Gasteiger partial charge in [0.25, 0.3) is 0 Å². The molecule has 7 heteroatoms. The first kappa shape index (κ1) is 28.8. The Morgan fingerprint density at radius 3 is 2.00 bits per heavy atom. The Labute approximate surface area is 278 Å². The fraction of sp³-hybridized carbons (Fsp3) is 0.0238. The lowest BCUT2D eigenvalue weighted by Gasteiger charge is -2.15. The van der Waals surface area contributed by atoms with Crippen LogP contribution in [-0.4, -0.2) is 19.5 Å². The topological polar surface area (TPSA) is 43.6 Å². The van der Waals surface area contributed by atoms with Gasteiger partial charge < -0.3 is 0 Å². The van der Waals surface area contributed by atoms with Crippen LogP contribution in [0.5, 0.6) is 0 Å². The number of hydrogen-bond donors (Lipinski definition) is 0. The lowest BCUT2D eigenvalue weighted by atomic mass is 9.94. The van der Waals surface area contributed by atoms with E-state index in [-0.39, 0.29) is 5.39 Å². The standard InChI is InChI=1S/C42H25F3N4/c43-42(44,45)36-23-27-8-1-2-9-31(27)32-19-16-28(22-35(32)36)38-24-29(25-39(48-38)37-12-5-6-20-46-37)26-14-17-30(18-15-26)49-40-13-4-3-10-33(40)34-11-7-21-47-41(34)49/h1-25H. The van der Waals surface area contributed by atoms with Gasteiger partial charge in [0.2, 0.25) is 0 Å². The van der Waals surface area contributed by atoms with Crippen molar-refractivity contribution in [3.05, 3.63) is 157 Å². The van der Waals surface area contributed by atoms with Gasteiger partial charge in [-0.05, 0) is 99.4 Å². The maximum atomic E-state index is 14.4. The summed E-state index contributed by atoms with van der Waals surface area (Å²) in [4.78, 5) is 14.2. The first-order valence-corrected chi connectivity index (χ1v) is 15.8. The van der Waals surface area contributed by atoms with Crippen LogP contribution in [0.4, 0.5) is 13.2 Å². The predicted molar refractivity (Wildman–Crippen MR) is 190 cm³/mol. The highest BCUT2D eigenvalue weighted by Crippen LogP contribution is 2.41. The van der Waals surface area contributed by atoms with Crippen molar-refractivity contribution in [2.24, 2.45) is 0 Å². The summed E-state index contributed by atoms with van der Waals surface area (Å²) < 4.78 is 45.4. The molecule has 0 radical (unpaired) electrons. The van der Waals surface area contributed by atoms with Crippen LogP contribution in [0.25, 0.3) is 82.9 Å². The molecule has 5 aromatic carbocycles. The van der Waals surface area contributed by atoms with Crippen molar-refractivity contribution < 1.29 is 13.2 Å². The highest BCUT2D eigenvalue weighted by atomic mass is 19.4. The number of hydrogen-bond acceptors (Lipinski definition) is 3. The highest BCUT2D eigenvalue weighted by molar-refractivity contribution is 6.10. The maximum Gasteiger partial charge on any atom is 0.417 e. The second-order valence-electron chi connectivity index (χ2n) is 12.0. The fourth-order valence-electron chi connectivity index (χ4n) is 6.85. The average molecular weight is 643 g/mol. The van der Waals surface area contributed by atoms with Crippen molar-refractivity contribution in [2.75, 3.05) is 0 Å². The third-order valence-electron chi connectivity index (χ3n) is 9.11. The summed E-state index contributed by atoms with van der Waals surface area (Å²) in [7, 11) is 0. The SMILES string of the molecule is FC(F)(F)c1cc2ccccc2c2ccc(-c3cc(-c4ccc(-n5c6ccccc6c6cccnc65)cc4)cc(-c4ccccn4)n3)cc12. The molecular weight excluding hydrogens is 617 g/mol. The summed E-state index contributed by atoms with van der Waals surface area (Å²) in [5, 5.41) is 4.22. The fourth-order valence-corrected chi connectivity index (χ4v) is 6.85. The zero-order chi connectivity index (χ0) is 33.1. The predicted octanol–water partition coefficient (Wildman–Crippen LogP) is 11.3. The molecule has 4 aromatic heterocycles. The van der Waals surface area contributed by atoms with E-state index in [9.17, 15) is 13.2 Å². The Kier molecular flexibility index (Phi) is 6.55. The Morgan fingerprint density at radius 1 is 0.469 bits per heavy atom. The summed E-state index contributed by atoms with van der Waals surface area (Å²) in [6, 6.07) is 43.6. The molecule has 0 aliphatic heterocycles. The van der Waals surface area contributed by atoms with Crippen molar-refractivity contribution in [3.8, 4) is 39.5 Å². The molecule has 4 nitrogen and oxygen atoms in total. The zero-order valence-corrected chi connectivity index (χ0v) is 25.9. The van der Waals surface area contributed by atoms with Crippen molar-refractivity contribution in [1.82, 2.24) is 19.5 Å². The van der Waals surface area contributed by atoms with E-state index in [0.717, 1.165) is 44.1 Å². The van der Waals surface area contributed by atoms with Crippen LogP contribution in [0.3, 0.4) is 0 Å². The number of rotatable bonds is 4. The van der Waals surface area contributed by atoms with E-state index < -0.39 is 11.7 Å². The van der Waals surface area contributed by atoms with E-state index >= 15 is 0 Å². The Bertz CT molecular complexity index is 2640. The first-order valence-electron chi connectivity index (χ1n) is 15.8. The molecule has 0 aliphatic rings. The number of fused-ring (bicyclic) bond motifs is 6. The van der Waals surface area contributed by atoms with E-state index in [4.69, 9.17) is 9.97 Å². The zero-order valence-electron chi connectivity index (χ0n) is 25.9. The molecule has 0 spiro atoms. The van der Waals surface area contributed by atoms with Crippen LogP contribution >= 0.6 is 0 Å². The van der Waals surface area contributed by atoms with E-state index in [2.05, 4.69) is 52.0 Å². The number of nitrogens with zero attached hydrogens (tertiary/aromatic N) is 4. The lowest BCUT2D eigenvalue weighted by Crippen LogP contribution is -2.06. The third-order valence-corrected chi connectivity index (χ3v) is 9.11. The van der Waals surface area contributed by atoms with Crippen molar-refractivity contribution in [2.45, 2.75) is 6.18 Å². The van der Waals surface area contributed by atoms with Gasteiger partial charge >= 0.3 is 6.18 Å². The van der Waals surface area contributed by atoms with Gasteiger partial charge in [0.15, 0.2) is 0 Å². The normalized spacial score (nSPS) is 12.0. The number of pyridine rings is 3. The average Bonchev–Trinajstić information content (AvgIpc) is 3.48. The minimum absolute atomic E-state index is 0.138. The summed E-state index contributed by atoms with van der Waals surface area (Å²) >= 11 is 0. The van der Waals surface area contributed by atoms with Crippen LogP contribution in [0, 0.1) is 0 Å². The molecule has 9 aromatic rings. The second kappa shape index (κ2) is 11.1. The van der Waals surface area contributed by atoms with E-state index in [1.54, 1.807) is 36.7 Å². The van der Waals surface area contributed by atoms with E-state index in [0.29, 0.717) is 33.4 Å². The quantitative estimate of drug-likeness (QED) is 0.179. The summed E-state index contributed by atoms with van der Waals surface area (Å²) in [5.74, 6) is 0. The van der Waals surface area contributed by atoms with Gasteiger partial charge in [-0.3, -0.25) is 9.55 Å². The molecule has 0 atom stereocenters. The van der Waals surface area contributed by atoms with Gasteiger partial charge in [-0.25, -0.2) is 9.97 Å². The number of aromatic nitrogens is 4. The molecular formula is C42H25F3N4. The largest absolute Gasteiger partial charge is 0.417 e. The summed E-state index contributed by atoms with van der Waals surface area (Å²) in [6.45, 7) is 0.